The molecule has 0 unspecified atom stereocenters. The van der Waals surface area contributed by atoms with Gasteiger partial charge in [-0.3, -0.25) is 9.78 Å². The van der Waals surface area contributed by atoms with Gasteiger partial charge in [-0.15, -0.1) is 12.4 Å². The van der Waals surface area contributed by atoms with Gasteiger partial charge in [0.2, 0.25) is 0 Å². The van der Waals surface area contributed by atoms with Crippen LogP contribution in [-0.4, -0.2) is 28.9 Å². The van der Waals surface area contributed by atoms with Crippen LogP contribution in [0.4, 0.5) is 0 Å². The molecule has 0 N–H and O–H groups in total. The lowest BCUT2D eigenvalue weighted by Gasteiger charge is -2.17. The van der Waals surface area contributed by atoms with Gasteiger partial charge in [0.15, 0.2) is 0 Å². The number of aromatic nitrogens is 1. The normalized spacial score (nSPS) is 9.00. The monoisotopic (exact) mass is 214 g/mol. The average molecular weight is 215 g/mol. The van der Waals surface area contributed by atoms with Gasteiger partial charge in [0, 0.05) is 25.5 Å². The van der Waals surface area contributed by atoms with Gasteiger partial charge in [0.25, 0.3) is 5.91 Å². The number of hydrogen-bond donors (Lipinski definition) is 0. The van der Waals surface area contributed by atoms with Crippen molar-refractivity contribution in [1.82, 2.24) is 9.88 Å². The molecule has 0 fully saturated rings. The van der Waals surface area contributed by atoms with Crippen molar-refractivity contribution < 1.29 is 4.79 Å². The van der Waals surface area contributed by atoms with Crippen molar-refractivity contribution in [2.75, 3.05) is 13.1 Å². The molecule has 4 heteroatoms. The van der Waals surface area contributed by atoms with Gasteiger partial charge in [-0.25, -0.2) is 0 Å². The van der Waals surface area contributed by atoms with Crippen LogP contribution in [0.2, 0.25) is 0 Å². The van der Waals surface area contributed by atoms with E-state index in [9.17, 15) is 4.79 Å². The minimum Gasteiger partial charge on any atom is -0.339 e. The van der Waals surface area contributed by atoms with Crippen molar-refractivity contribution in [2.45, 2.75) is 13.8 Å². The van der Waals surface area contributed by atoms with Gasteiger partial charge in [-0.1, -0.05) is 0 Å². The van der Waals surface area contributed by atoms with Crippen LogP contribution >= 0.6 is 12.4 Å². The first-order chi connectivity index (χ1) is 6.29. The summed E-state index contributed by atoms with van der Waals surface area (Å²) in [5.41, 5.74) is 0.659. The van der Waals surface area contributed by atoms with Gasteiger partial charge in [-0.05, 0) is 26.0 Å². The Bertz CT molecular complexity index is 273. The van der Waals surface area contributed by atoms with E-state index in [2.05, 4.69) is 4.98 Å². The second-order valence-corrected chi connectivity index (χ2v) is 2.72. The molecule has 0 saturated heterocycles. The highest BCUT2D eigenvalue weighted by molar-refractivity contribution is 5.93. The number of nitrogens with zero attached hydrogens (tertiary/aromatic N) is 2. The van der Waals surface area contributed by atoms with Crippen molar-refractivity contribution >= 4 is 18.3 Å². The molecular weight excluding hydrogens is 200 g/mol. The Labute approximate surface area is 90.6 Å². The zero-order valence-electron chi connectivity index (χ0n) is 8.43. The molecule has 0 aliphatic heterocycles. The molecule has 0 atom stereocenters. The summed E-state index contributed by atoms with van der Waals surface area (Å²) in [7, 11) is 0. The molecule has 1 aromatic rings. The van der Waals surface area contributed by atoms with Gasteiger partial charge >= 0.3 is 0 Å². The third-order valence-electron chi connectivity index (χ3n) is 1.96. The highest BCUT2D eigenvalue weighted by atomic mass is 35.5. The number of carbonyl (C=O) groups excluding carboxylic acids is 1. The second kappa shape index (κ2) is 6.38. The quantitative estimate of drug-likeness (QED) is 0.771. The summed E-state index contributed by atoms with van der Waals surface area (Å²) in [6.07, 6.45) is 3.26. The predicted octanol–water partition coefficient (Wildman–Crippen LogP) is 1.99. The van der Waals surface area contributed by atoms with Crippen LogP contribution in [0, 0.1) is 0 Å². The minimum atomic E-state index is 0. The molecule has 0 aliphatic carbocycles. The van der Waals surface area contributed by atoms with Crippen LogP contribution in [-0.2, 0) is 0 Å². The second-order valence-electron chi connectivity index (χ2n) is 2.72. The maximum Gasteiger partial charge on any atom is 0.255 e. The van der Waals surface area contributed by atoms with Crippen LogP contribution in [0.5, 0.6) is 0 Å². The summed E-state index contributed by atoms with van der Waals surface area (Å²) < 4.78 is 0. The molecule has 1 amide bonds. The molecule has 0 saturated carbocycles. The first kappa shape index (κ1) is 12.9. The Morgan fingerprint density at radius 2 is 2.07 bits per heavy atom. The molecule has 1 heterocycles. The number of rotatable bonds is 3. The summed E-state index contributed by atoms with van der Waals surface area (Å²) >= 11 is 0. The highest BCUT2D eigenvalue weighted by Gasteiger charge is 2.11. The van der Waals surface area contributed by atoms with Gasteiger partial charge in [0.05, 0.1) is 5.56 Å². The van der Waals surface area contributed by atoms with E-state index in [1.807, 2.05) is 13.8 Å². The minimum absolute atomic E-state index is 0. The Morgan fingerprint density at radius 1 is 1.43 bits per heavy atom. The molecule has 1 aromatic heterocycles. The molecule has 78 valence electrons. The van der Waals surface area contributed by atoms with E-state index < -0.39 is 0 Å². The summed E-state index contributed by atoms with van der Waals surface area (Å²) in [6, 6.07) is 3.56. The molecule has 14 heavy (non-hydrogen) atoms. The van der Waals surface area contributed by atoms with E-state index in [0.717, 1.165) is 13.1 Å². The summed E-state index contributed by atoms with van der Waals surface area (Å²) in [4.78, 5) is 17.4. The standard InChI is InChI=1S/C10H14N2O.ClH/c1-3-12(4-2)10(13)9-6-5-7-11-8-9;/h5-8H,3-4H2,1-2H3;1H. The average Bonchev–Trinajstić information content (AvgIpc) is 2.21. The van der Waals surface area contributed by atoms with Crippen molar-refractivity contribution in [3.05, 3.63) is 30.1 Å². The number of pyridine rings is 1. The lowest BCUT2D eigenvalue weighted by Crippen LogP contribution is -2.30. The van der Waals surface area contributed by atoms with Crippen LogP contribution < -0.4 is 0 Å². The van der Waals surface area contributed by atoms with Crippen LogP contribution in [0.15, 0.2) is 24.5 Å². The first-order valence-electron chi connectivity index (χ1n) is 4.48. The number of halogens is 1. The van der Waals surface area contributed by atoms with Gasteiger partial charge in [0.1, 0.15) is 0 Å². The zero-order chi connectivity index (χ0) is 9.68. The maximum absolute atomic E-state index is 11.7. The van der Waals surface area contributed by atoms with Crippen molar-refractivity contribution in [1.29, 1.82) is 0 Å². The fraction of sp³-hybridized carbons (Fsp3) is 0.400. The van der Waals surface area contributed by atoms with E-state index in [4.69, 9.17) is 0 Å². The third kappa shape index (κ3) is 3.00. The third-order valence-corrected chi connectivity index (χ3v) is 1.96. The number of carbonyl (C=O) groups is 1. The van der Waals surface area contributed by atoms with Crippen LogP contribution in [0.1, 0.15) is 24.2 Å². The van der Waals surface area contributed by atoms with Gasteiger partial charge in [-0.2, -0.15) is 0 Å². The molecule has 0 spiro atoms. The Hall–Kier alpha value is -1.09. The lowest BCUT2D eigenvalue weighted by molar-refractivity contribution is 0.0772. The van der Waals surface area contributed by atoms with E-state index in [0.29, 0.717) is 5.56 Å². The zero-order valence-corrected chi connectivity index (χ0v) is 9.25. The molecule has 1 rings (SSSR count). The molecule has 0 aliphatic rings. The van der Waals surface area contributed by atoms with Gasteiger partial charge < -0.3 is 4.90 Å². The number of hydrogen-bond acceptors (Lipinski definition) is 2. The van der Waals surface area contributed by atoms with Crippen LogP contribution in [0.25, 0.3) is 0 Å². The summed E-state index contributed by atoms with van der Waals surface area (Å²) in [5.74, 6) is 0.0538. The first-order valence-corrected chi connectivity index (χ1v) is 4.48. The molecule has 0 aromatic carbocycles. The summed E-state index contributed by atoms with van der Waals surface area (Å²) in [6.45, 7) is 5.42. The fourth-order valence-electron chi connectivity index (χ4n) is 1.18. The van der Waals surface area contributed by atoms with E-state index in [1.165, 1.54) is 0 Å². The SMILES string of the molecule is CCN(CC)C(=O)c1cccnc1.Cl. The lowest BCUT2D eigenvalue weighted by atomic mass is 10.2. The topological polar surface area (TPSA) is 33.2 Å². The predicted molar refractivity (Wildman–Crippen MR) is 58.7 cm³/mol. The Balaban J connectivity index is 0.00000169. The fourth-order valence-corrected chi connectivity index (χ4v) is 1.18. The van der Waals surface area contributed by atoms with E-state index in [1.54, 1.807) is 29.4 Å². The van der Waals surface area contributed by atoms with Crippen molar-refractivity contribution in [3.63, 3.8) is 0 Å². The molecular formula is C10H15ClN2O. The highest BCUT2D eigenvalue weighted by Crippen LogP contribution is 2.01. The molecule has 0 radical (unpaired) electrons. The van der Waals surface area contributed by atoms with Crippen LogP contribution in [0.3, 0.4) is 0 Å². The number of amides is 1. The van der Waals surface area contributed by atoms with Crippen molar-refractivity contribution in [2.24, 2.45) is 0 Å². The largest absolute Gasteiger partial charge is 0.339 e. The maximum atomic E-state index is 11.7. The van der Waals surface area contributed by atoms with E-state index >= 15 is 0 Å². The molecule has 3 nitrogen and oxygen atoms in total. The van der Waals surface area contributed by atoms with Crippen molar-refractivity contribution in [3.8, 4) is 0 Å². The Morgan fingerprint density at radius 3 is 2.50 bits per heavy atom. The molecule has 0 bridgehead atoms. The smallest absolute Gasteiger partial charge is 0.255 e. The van der Waals surface area contributed by atoms with E-state index in [-0.39, 0.29) is 18.3 Å². The summed E-state index contributed by atoms with van der Waals surface area (Å²) in [5, 5.41) is 0. The Kier molecular flexibility index (Phi) is 5.88.